The number of carboxylic acid groups (broad SMARTS) is 1. The maximum atomic E-state index is 13.8. The lowest BCUT2D eigenvalue weighted by Crippen LogP contribution is -2.15. The van der Waals surface area contributed by atoms with Gasteiger partial charge in [-0.2, -0.15) is 0 Å². The first kappa shape index (κ1) is 20.6. The van der Waals surface area contributed by atoms with E-state index in [-0.39, 0.29) is 27.1 Å². The number of nitrogens with one attached hydrogen (secondary N) is 1. The number of aryl methyl sites for hydroxylation is 1. The summed E-state index contributed by atoms with van der Waals surface area (Å²) >= 11 is 0. The van der Waals surface area contributed by atoms with Crippen molar-refractivity contribution in [1.82, 2.24) is 9.13 Å². The number of benzene rings is 2. The first-order valence-corrected chi connectivity index (χ1v) is 10.7. The van der Waals surface area contributed by atoms with Crippen molar-refractivity contribution in [3.63, 3.8) is 0 Å². The van der Waals surface area contributed by atoms with E-state index in [1.807, 2.05) is 0 Å². The number of nitrogens with zero attached hydrogens (tertiary/aromatic N) is 2. The van der Waals surface area contributed by atoms with Gasteiger partial charge < -0.3 is 14.9 Å². The Bertz CT molecular complexity index is 1410. The molecule has 0 bridgehead atoms. The molecule has 0 aliphatic heterocycles. The van der Waals surface area contributed by atoms with Gasteiger partial charge in [0.15, 0.2) is 5.82 Å². The minimum Gasteiger partial charge on any atom is -0.481 e. The first-order chi connectivity index (χ1) is 14.7. The van der Waals surface area contributed by atoms with Gasteiger partial charge in [-0.25, -0.2) is 16.8 Å². The van der Waals surface area contributed by atoms with E-state index in [1.54, 1.807) is 25.1 Å². The zero-order valence-electron chi connectivity index (χ0n) is 16.6. The van der Waals surface area contributed by atoms with Gasteiger partial charge in [-0.15, -0.1) is 0 Å². The molecule has 4 rings (SSSR count). The van der Waals surface area contributed by atoms with Gasteiger partial charge in [0.2, 0.25) is 0 Å². The topological polar surface area (TPSA) is 114 Å². The number of halogens is 1. The Kier molecular flexibility index (Phi) is 5.02. The Labute approximate surface area is 177 Å². The minimum absolute atomic E-state index is 0.000540. The standard InChI is InChI=1S/C21H18FN3O5S/c1-12-9-20(24-30-12)23-15-4-6-16(7-5-15)31(28,29)25-13(2)17(11-21(26)27)18-10-14(22)3-8-19(18)25/h3-10H,11H2,1-2H3,(H,23,24)(H,26,27). The van der Waals surface area contributed by atoms with Crippen molar-refractivity contribution in [2.75, 3.05) is 5.32 Å². The molecule has 0 radical (unpaired) electrons. The second-order valence-electron chi connectivity index (χ2n) is 7.04. The van der Waals surface area contributed by atoms with Gasteiger partial charge >= 0.3 is 5.97 Å². The lowest BCUT2D eigenvalue weighted by molar-refractivity contribution is -0.136. The highest BCUT2D eigenvalue weighted by atomic mass is 32.2. The van der Waals surface area contributed by atoms with Gasteiger partial charge in [-0.3, -0.25) is 4.79 Å². The molecule has 2 N–H and O–H groups in total. The second-order valence-corrected chi connectivity index (χ2v) is 8.82. The molecule has 2 heterocycles. The third-order valence-corrected chi connectivity index (χ3v) is 6.68. The van der Waals surface area contributed by atoms with Crippen LogP contribution in [0.1, 0.15) is 17.0 Å². The van der Waals surface area contributed by atoms with Crippen LogP contribution < -0.4 is 5.32 Å². The fourth-order valence-corrected chi connectivity index (χ4v) is 5.08. The maximum absolute atomic E-state index is 13.8. The molecule has 0 spiro atoms. The predicted octanol–water partition coefficient (Wildman–Crippen LogP) is 3.99. The van der Waals surface area contributed by atoms with E-state index in [0.29, 0.717) is 17.3 Å². The summed E-state index contributed by atoms with van der Waals surface area (Å²) in [5, 5.41) is 16.3. The molecule has 0 saturated heterocycles. The number of aliphatic carboxylic acids is 1. The highest BCUT2D eigenvalue weighted by molar-refractivity contribution is 7.90. The summed E-state index contributed by atoms with van der Waals surface area (Å²) in [5.41, 5.74) is 1.30. The average molecular weight is 443 g/mol. The van der Waals surface area contributed by atoms with Crippen LogP contribution in [0, 0.1) is 19.7 Å². The predicted molar refractivity (Wildman–Crippen MR) is 112 cm³/mol. The van der Waals surface area contributed by atoms with Crippen molar-refractivity contribution in [3.05, 3.63) is 71.4 Å². The summed E-state index contributed by atoms with van der Waals surface area (Å²) in [6, 6.07) is 11.3. The van der Waals surface area contributed by atoms with Crippen LogP contribution in [0.4, 0.5) is 15.9 Å². The van der Waals surface area contributed by atoms with Crippen LogP contribution in [0.3, 0.4) is 0 Å². The third-order valence-electron chi connectivity index (χ3n) is 4.86. The SMILES string of the molecule is Cc1cc(Nc2ccc(S(=O)(=O)n3c(C)c(CC(=O)O)c4cc(F)ccc43)cc2)no1. The Hall–Kier alpha value is -3.66. The number of aromatic nitrogens is 2. The summed E-state index contributed by atoms with van der Waals surface area (Å²) in [4.78, 5) is 11.3. The normalized spacial score (nSPS) is 11.7. The number of anilines is 2. The molecular weight excluding hydrogens is 425 g/mol. The molecule has 2 aromatic carbocycles. The summed E-state index contributed by atoms with van der Waals surface area (Å²) in [5.74, 6) is -0.597. The molecule has 0 amide bonds. The van der Waals surface area contributed by atoms with E-state index in [0.717, 1.165) is 16.1 Å². The van der Waals surface area contributed by atoms with E-state index < -0.39 is 28.2 Å². The minimum atomic E-state index is -4.07. The maximum Gasteiger partial charge on any atom is 0.307 e. The molecule has 0 atom stereocenters. The van der Waals surface area contributed by atoms with Crippen LogP contribution in [-0.4, -0.2) is 28.6 Å². The van der Waals surface area contributed by atoms with Gasteiger partial charge in [0, 0.05) is 22.8 Å². The van der Waals surface area contributed by atoms with E-state index >= 15 is 0 Å². The Morgan fingerprint density at radius 1 is 1.16 bits per heavy atom. The van der Waals surface area contributed by atoms with Gasteiger partial charge in [0.05, 0.1) is 16.8 Å². The molecular formula is C21H18FN3O5S. The molecule has 0 unspecified atom stereocenters. The van der Waals surface area contributed by atoms with Crippen LogP contribution in [0.2, 0.25) is 0 Å². The van der Waals surface area contributed by atoms with Crippen molar-refractivity contribution in [2.45, 2.75) is 25.2 Å². The third kappa shape index (κ3) is 3.77. The Balaban J connectivity index is 1.78. The highest BCUT2D eigenvalue weighted by Gasteiger charge is 2.26. The van der Waals surface area contributed by atoms with E-state index in [9.17, 15) is 22.7 Å². The summed E-state index contributed by atoms with van der Waals surface area (Å²) in [6.07, 6.45) is -0.422. The van der Waals surface area contributed by atoms with Crippen molar-refractivity contribution in [1.29, 1.82) is 0 Å². The van der Waals surface area contributed by atoms with Gasteiger partial charge in [0.25, 0.3) is 10.0 Å². The van der Waals surface area contributed by atoms with E-state index in [1.165, 1.54) is 25.1 Å². The molecule has 2 aromatic heterocycles. The fraction of sp³-hybridized carbons (Fsp3) is 0.143. The smallest absolute Gasteiger partial charge is 0.307 e. The van der Waals surface area contributed by atoms with Gasteiger partial charge in [0.1, 0.15) is 11.6 Å². The molecule has 4 aromatic rings. The molecule has 0 aliphatic carbocycles. The summed E-state index contributed by atoms with van der Waals surface area (Å²) in [7, 11) is -4.07. The number of carbonyl (C=O) groups is 1. The fourth-order valence-electron chi connectivity index (χ4n) is 3.50. The number of fused-ring (bicyclic) bond motifs is 1. The van der Waals surface area contributed by atoms with Crippen molar-refractivity contribution < 1.29 is 27.2 Å². The molecule has 8 nitrogen and oxygen atoms in total. The summed E-state index contributed by atoms with van der Waals surface area (Å²) in [6.45, 7) is 3.26. The Morgan fingerprint density at radius 2 is 1.87 bits per heavy atom. The second kappa shape index (κ2) is 7.55. The van der Waals surface area contributed by atoms with Crippen molar-refractivity contribution >= 4 is 38.4 Å². The zero-order valence-corrected chi connectivity index (χ0v) is 17.4. The number of hydrogen-bond donors (Lipinski definition) is 2. The lowest BCUT2D eigenvalue weighted by atomic mass is 10.1. The monoisotopic (exact) mass is 443 g/mol. The molecule has 0 saturated carbocycles. The van der Waals surface area contributed by atoms with Crippen molar-refractivity contribution in [2.24, 2.45) is 0 Å². The Morgan fingerprint density at radius 3 is 2.48 bits per heavy atom. The van der Waals surface area contributed by atoms with Gasteiger partial charge in [-0.05, 0) is 61.9 Å². The number of hydrogen-bond acceptors (Lipinski definition) is 6. The summed E-state index contributed by atoms with van der Waals surface area (Å²) < 4.78 is 46.7. The van der Waals surface area contributed by atoms with E-state index in [4.69, 9.17) is 4.52 Å². The van der Waals surface area contributed by atoms with Crippen LogP contribution in [0.5, 0.6) is 0 Å². The molecule has 0 fully saturated rings. The molecule has 160 valence electrons. The van der Waals surface area contributed by atoms with Crippen molar-refractivity contribution in [3.8, 4) is 0 Å². The quantitative estimate of drug-likeness (QED) is 0.463. The average Bonchev–Trinajstić information content (AvgIpc) is 3.23. The molecule has 31 heavy (non-hydrogen) atoms. The molecule has 0 aliphatic rings. The largest absolute Gasteiger partial charge is 0.481 e. The molecule has 10 heteroatoms. The van der Waals surface area contributed by atoms with E-state index in [2.05, 4.69) is 10.5 Å². The van der Waals surface area contributed by atoms with Crippen LogP contribution in [0.25, 0.3) is 10.9 Å². The van der Waals surface area contributed by atoms with Crippen LogP contribution >= 0.6 is 0 Å². The number of carboxylic acids is 1. The lowest BCUT2D eigenvalue weighted by Gasteiger charge is -2.11. The zero-order chi connectivity index (χ0) is 22.3. The van der Waals surface area contributed by atoms with Gasteiger partial charge in [-0.1, -0.05) is 5.16 Å². The van der Waals surface area contributed by atoms with Crippen LogP contribution in [0.15, 0.2) is 57.9 Å². The number of rotatable bonds is 6. The van der Waals surface area contributed by atoms with Crippen LogP contribution in [-0.2, 0) is 21.2 Å². The first-order valence-electron chi connectivity index (χ1n) is 9.24. The highest BCUT2D eigenvalue weighted by Crippen LogP contribution is 2.31.